The number of halogens is 1. The van der Waals surface area contributed by atoms with Gasteiger partial charge in [-0.1, -0.05) is 41.9 Å². The summed E-state index contributed by atoms with van der Waals surface area (Å²) < 4.78 is 27.1. The molecule has 0 unspecified atom stereocenters. The predicted octanol–water partition coefficient (Wildman–Crippen LogP) is 3.72. The second-order valence-corrected chi connectivity index (χ2v) is 8.14. The summed E-state index contributed by atoms with van der Waals surface area (Å²) in [7, 11) is -3.71. The molecule has 0 aliphatic heterocycles. The molecule has 0 bridgehead atoms. The summed E-state index contributed by atoms with van der Waals surface area (Å²) in [5.74, 6) is 0.0806. The number of carbonyl (C=O) groups is 1. The second-order valence-electron chi connectivity index (χ2n) is 5.03. The number of hydrogen-bond donors (Lipinski definition) is 2. The van der Waals surface area contributed by atoms with E-state index in [4.69, 9.17) is 17.3 Å². The molecule has 0 saturated carbocycles. The van der Waals surface area contributed by atoms with Gasteiger partial charge in [0.1, 0.15) is 0 Å². The Morgan fingerprint density at radius 3 is 2.56 bits per heavy atom. The Morgan fingerprint density at radius 1 is 1.16 bits per heavy atom. The summed E-state index contributed by atoms with van der Waals surface area (Å²) in [6.07, 6.45) is 1.66. The first-order chi connectivity index (χ1) is 11.9. The van der Waals surface area contributed by atoms with Crippen molar-refractivity contribution in [1.29, 1.82) is 0 Å². The minimum atomic E-state index is -3.71. The highest BCUT2D eigenvalue weighted by molar-refractivity contribution is 7.99. The van der Waals surface area contributed by atoms with Crippen molar-refractivity contribution >= 4 is 51.1 Å². The van der Waals surface area contributed by atoms with Crippen LogP contribution in [-0.4, -0.2) is 20.1 Å². The topological polar surface area (TPSA) is 89.3 Å². The molecule has 0 aromatic heterocycles. The molecule has 0 spiro atoms. The van der Waals surface area contributed by atoms with Crippen LogP contribution in [0.3, 0.4) is 0 Å². The van der Waals surface area contributed by atoms with Gasteiger partial charge in [-0.05, 0) is 29.8 Å². The fourth-order valence-electron chi connectivity index (χ4n) is 1.90. The fraction of sp³-hybridized carbons (Fsp3) is 0.118. The minimum absolute atomic E-state index is 0.220. The molecular formula is C17H17ClN2O3S2. The molecule has 25 heavy (non-hydrogen) atoms. The van der Waals surface area contributed by atoms with Gasteiger partial charge in [-0.2, -0.15) is 0 Å². The quantitative estimate of drug-likeness (QED) is 0.665. The Labute approximate surface area is 156 Å². The Bertz CT molecular complexity index is 883. The summed E-state index contributed by atoms with van der Waals surface area (Å²) in [4.78, 5) is 11.5. The van der Waals surface area contributed by atoms with Crippen LogP contribution in [0.4, 0.5) is 5.69 Å². The van der Waals surface area contributed by atoms with Crippen LogP contribution < -0.4 is 10.5 Å². The van der Waals surface area contributed by atoms with Gasteiger partial charge in [0.25, 0.3) is 10.0 Å². The number of nitrogens with two attached hydrogens (primary N) is 1. The number of nitrogens with one attached hydrogen (secondary N) is 1. The lowest BCUT2D eigenvalue weighted by Gasteiger charge is -2.10. The Kier molecular flexibility index (Phi) is 6.92. The van der Waals surface area contributed by atoms with Crippen molar-refractivity contribution in [3.8, 4) is 0 Å². The number of anilines is 1. The van der Waals surface area contributed by atoms with Gasteiger partial charge in [0.2, 0.25) is 5.91 Å². The van der Waals surface area contributed by atoms with Gasteiger partial charge in [-0.3, -0.25) is 9.52 Å². The summed E-state index contributed by atoms with van der Waals surface area (Å²) in [6, 6.07) is 13.9. The van der Waals surface area contributed by atoms with E-state index in [0.717, 1.165) is 10.3 Å². The zero-order valence-electron chi connectivity index (χ0n) is 13.2. The highest BCUT2D eigenvalue weighted by Gasteiger charge is 2.10. The number of thioether (sulfide) groups is 1. The minimum Gasteiger partial charge on any atom is -0.370 e. The Balaban J connectivity index is 2.12. The van der Waals surface area contributed by atoms with E-state index < -0.39 is 15.9 Å². The first-order valence-electron chi connectivity index (χ1n) is 7.33. The molecule has 132 valence electrons. The summed E-state index contributed by atoms with van der Waals surface area (Å²) >= 11 is 7.37. The standard InChI is InChI=1S/C17H17ClN2O3S2/c18-14-6-2-1-5-13(14)10-12-25(22,23)20-15-7-3-4-8-16(15)24-11-9-17(19)21/h1-8,10,12,20H,9,11H2,(H2,19,21)/b12-10+. The van der Waals surface area contributed by atoms with E-state index in [2.05, 4.69) is 4.72 Å². The van der Waals surface area contributed by atoms with Crippen molar-refractivity contribution in [2.24, 2.45) is 5.73 Å². The average Bonchev–Trinajstić information content (AvgIpc) is 2.55. The van der Waals surface area contributed by atoms with Crippen LogP contribution in [0.5, 0.6) is 0 Å². The molecule has 0 heterocycles. The van der Waals surface area contributed by atoms with Crippen LogP contribution in [0.2, 0.25) is 5.02 Å². The molecule has 0 aliphatic carbocycles. The van der Waals surface area contributed by atoms with E-state index in [0.29, 0.717) is 22.0 Å². The van der Waals surface area contributed by atoms with Gasteiger partial charge in [-0.25, -0.2) is 8.42 Å². The normalized spacial score (nSPS) is 11.6. The van der Waals surface area contributed by atoms with Crippen LogP contribution >= 0.6 is 23.4 Å². The summed E-state index contributed by atoms with van der Waals surface area (Å²) in [5.41, 5.74) is 6.17. The number of amides is 1. The predicted molar refractivity (Wildman–Crippen MR) is 104 cm³/mol. The third-order valence-corrected chi connectivity index (χ3v) is 5.50. The highest BCUT2D eigenvalue weighted by Crippen LogP contribution is 2.28. The monoisotopic (exact) mass is 396 g/mol. The fourth-order valence-corrected chi connectivity index (χ4v) is 4.01. The Hall–Kier alpha value is -1.96. The van der Waals surface area contributed by atoms with Gasteiger partial charge in [0.05, 0.1) is 11.1 Å². The number of sulfonamides is 1. The zero-order chi connectivity index (χ0) is 18.3. The van der Waals surface area contributed by atoms with Crippen LogP contribution in [0.1, 0.15) is 12.0 Å². The van der Waals surface area contributed by atoms with E-state index in [9.17, 15) is 13.2 Å². The molecule has 2 rings (SSSR count). The molecule has 3 N–H and O–H groups in total. The van der Waals surface area contributed by atoms with Crippen molar-refractivity contribution < 1.29 is 13.2 Å². The number of rotatable bonds is 8. The maximum atomic E-state index is 12.3. The smallest absolute Gasteiger partial charge is 0.255 e. The van der Waals surface area contributed by atoms with E-state index >= 15 is 0 Å². The third kappa shape index (κ3) is 6.45. The SMILES string of the molecule is NC(=O)CCSc1ccccc1NS(=O)(=O)/C=C/c1ccccc1Cl. The van der Waals surface area contributed by atoms with Gasteiger partial charge < -0.3 is 5.73 Å². The molecule has 0 saturated heterocycles. The second kappa shape index (κ2) is 8.94. The highest BCUT2D eigenvalue weighted by atomic mass is 35.5. The van der Waals surface area contributed by atoms with Crippen molar-refractivity contribution in [2.75, 3.05) is 10.5 Å². The van der Waals surface area contributed by atoms with E-state index in [1.165, 1.54) is 17.8 Å². The Morgan fingerprint density at radius 2 is 1.84 bits per heavy atom. The molecule has 0 atom stereocenters. The molecule has 0 fully saturated rings. The molecule has 0 radical (unpaired) electrons. The van der Waals surface area contributed by atoms with Gasteiger partial charge in [-0.15, -0.1) is 11.8 Å². The molecule has 2 aromatic carbocycles. The number of benzene rings is 2. The van der Waals surface area contributed by atoms with E-state index in [1.807, 2.05) is 0 Å². The lowest BCUT2D eigenvalue weighted by Crippen LogP contribution is -2.11. The molecular weight excluding hydrogens is 380 g/mol. The maximum Gasteiger partial charge on any atom is 0.255 e. The number of carbonyl (C=O) groups excluding carboxylic acids is 1. The zero-order valence-corrected chi connectivity index (χ0v) is 15.6. The van der Waals surface area contributed by atoms with Gasteiger partial charge in [0, 0.05) is 22.1 Å². The average molecular weight is 397 g/mol. The van der Waals surface area contributed by atoms with Crippen LogP contribution in [0.25, 0.3) is 6.08 Å². The molecule has 8 heteroatoms. The lowest BCUT2D eigenvalue weighted by atomic mass is 10.2. The van der Waals surface area contributed by atoms with E-state index in [-0.39, 0.29) is 6.42 Å². The number of primary amides is 1. The number of para-hydroxylation sites is 1. The van der Waals surface area contributed by atoms with Crippen LogP contribution in [0.15, 0.2) is 58.8 Å². The van der Waals surface area contributed by atoms with Crippen LogP contribution in [-0.2, 0) is 14.8 Å². The maximum absolute atomic E-state index is 12.3. The van der Waals surface area contributed by atoms with Gasteiger partial charge >= 0.3 is 0 Å². The van der Waals surface area contributed by atoms with Crippen molar-refractivity contribution in [1.82, 2.24) is 0 Å². The first-order valence-corrected chi connectivity index (χ1v) is 10.2. The molecule has 2 aromatic rings. The largest absolute Gasteiger partial charge is 0.370 e. The summed E-state index contributed by atoms with van der Waals surface area (Å²) in [5, 5.41) is 1.54. The van der Waals surface area contributed by atoms with Crippen LogP contribution in [0, 0.1) is 0 Å². The first kappa shape index (κ1) is 19.4. The van der Waals surface area contributed by atoms with Gasteiger partial charge in [0.15, 0.2) is 0 Å². The molecule has 0 aliphatic rings. The number of hydrogen-bond acceptors (Lipinski definition) is 4. The molecule has 5 nitrogen and oxygen atoms in total. The third-order valence-electron chi connectivity index (χ3n) is 3.08. The summed E-state index contributed by atoms with van der Waals surface area (Å²) in [6.45, 7) is 0. The van der Waals surface area contributed by atoms with E-state index in [1.54, 1.807) is 48.5 Å². The van der Waals surface area contributed by atoms with Crippen molar-refractivity contribution in [2.45, 2.75) is 11.3 Å². The lowest BCUT2D eigenvalue weighted by molar-refractivity contribution is -0.117. The molecule has 1 amide bonds. The van der Waals surface area contributed by atoms with Crippen molar-refractivity contribution in [3.63, 3.8) is 0 Å². The van der Waals surface area contributed by atoms with Crippen molar-refractivity contribution in [3.05, 3.63) is 64.5 Å².